The van der Waals surface area contributed by atoms with Crippen molar-refractivity contribution in [1.82, 2.24) is 9.55 Å². The van der Waals surface area contributed by atoms with Crippen molar-refractivity contribution in [2.24, 2.45) is 0 Å². The molecule has 1 aromatic heterocycles. The van der Waals surface area contributed by atoms with E-state index in [1.54, 1.807) is 6.20 Å². The van der Waals surface area contributed by atoms with Crippen molar-refractivity contribution in [3.8, 4) is 0 Å². The van der Waals surface area contributed by atoms with Gasteiger partial charge in [-0.1, -0.05) is 30.1 Å². The van der Waals surface area contributed by atoms with Crippen LogP contribution in [0.2, 0.25) is 10.0 Å². The summed E-state index contributed by atoms with van der Waals surface area (Å²) in [6.45, 7) is 3.03. The van der Waals surface area contributed by atoms with Gasteiger partial charge in [-0.25, -0.2) is 4.98 Å². The molecule has 1 heterocycles. The van der Waals surface area contributed by atoms with E-state index in [0.717, 1.165) is 29.1 Å². The molecule has 0 atom stereocenters. The second-order valence-electron chi connectivity index (χ2n) is 3.79. The van der Waals surface area contributed by atoms with Crippen LogP contribution < -0.4 is 5.32 Å². The highest BCUT2D eigenvalue weighted by molar-refractivity contribution is 9.10. The zero-order valence-corrected chi connectivity index (χ0v) is 12.8. The molecule has 96 valence electrons. The maximum atomic E-state index is 6.18. The van der Waals surface area contributed by atoms with Gasteiger partial charge in [0.05, 0.1) is 15.7 Å². The molecule has 1 aromatic carbocycles. The van der Waals surface area contributed by atoms with Gasteiger partial charge in [0.2, 0.25) is 5.95 Å². The predicted octanol–water partition coefficient (Wildman–Crippen LogP) is 5.11. The number of aryl methyl sites for hydroxylation is 1. The van der Waals surface area contributed by atoms with Crippen molar-refractivity contribution in [2.75, 3.05) is 5.32 Å². The van der Waals surface area contributed by atoms with Crippen LogP contribution in [-0.2, 0) is 6.54 Å². The fourth-order valence-corrected chi connectivity index (χ4v) is 2.42. The summed E-state index contributed by atoms with van der Waals surface area (Å²) in [6, 6.07) is 3.72. The normalized spacial score (nSPS) is 10.7. The van der Waals surface area contributed by atoms with Crippen molar-refractivity contribution in [2.45, 2.75) is 19.9 Å². The highest BCUT2D eigenvalue weighted by atomic mass is 79.9. The molecule has 0 aliphatic rings. The Kier molecular flexibility index (Phi) is 4.54. The maximum absolute atomic E-state index is 6.18. The van der Waals surface area contributed by atoms with Crippen LogP contribution in [0, 0.1) is 0 Å². The van der Waals surface area contributed by atoms with Gasteiger partial charge < -0.3 is 9.88 Å². The van der Waals surface area contributed by atoms with Crippen LogP contribution in [0.1, 0.15) is 13.3 Å². The third-order valence-electron chi connectivity index (χ3n) is 2.46. The van der Waals surface area contributed by atoms with Crippen LogP contribution in [0.3, 0.4) is 0 Å². The van der Waals surface area contributed by atoms with Gasteiger partial charge in [0.1, 0.15) is 0 Å². The van der Waals surface area contributed by atoms with E-state index in [2.05, 4.69) is 33.2 Å². The Balaban J connectivity index is 2.29. The fraction of sp³-hybridized carbons (Fsp3) is 0.250. The van der Waals surface area contributed by atoms with Crippen molar-refractivity contribution in [3.63, 3.8) is 0 Å². The summed E-state index contributed by atoms with van der Waals surface area (Å²) in [7, 11) is 0. The van der Waals surface area contributed by atoms with Gasteiger partial charge in [-0.05, 0) is 34.5 Å². The van der Waals surface area contributed by atoms with Crippen LogP contribution >= 0.6 is 39.1 Å². The third-order valence-corrected chi connectivity index (χ3v) is 4.23. The molecule has 0 aliphatic heterocycles. The van der Waals surface area contributed by atoms with E-state index in [9.17, 15) is 0 Å². The summed E-state index contributed by atoms with van der Waals surface area (Å²) >= 11 is 15.6. The number of halogens is 3. The van der Waals surface area contributed by atoms with Crippen LogP contribution in [-0.4, -0.2) is 9.55 Å². The topological polar surface area (TPSA) is 29.9 Å². The number of nitrogens with zero attached hydrogens (tertiary/aromatic N) is 2. The fourth-order valence-electron chi connectivity index (χ4n) is 1.60. The summed E-state index contributed by atoms with van der Waals surface area (Å²) in [6.07, 6.45) is 4.73. The Labute approximate surface area is 124 Å². The SMILES string of the molecule is CCCn1ccnc1Nc1ccc(Br)c(Cl)c1Cl. The Bertz CT molecular complexity index is 554. The highest BCUT2D eigenvalue weighted by Crippen LogP contribution is 2.36. The first-order valence-electron chi connectivity index (χ1n) is 5.55. The summed E-state index contributed by atoms with van der Waals surface area (Å²) in [5.74, 6) is 0.761. The third kappa shape index (κ3) is 2.82. The number of nitrogens with one attached hydrogen (secondary N) is 1. The molecule has 0 saturated heterocycles. The van der Waals surface area contributed by atoms with Gasteiger partial charge in [0.15, 0.2) is 0 Å². The predicted molar refractivity (Wildman–Crippen MR) is 80.0 cm³/mol. The van der Waals surface area contributed by atoms with E-state index in [-0.39, 0.29) is 0 Å². The zero-order chi connectivity index (χ0) is 13.1. The van der Waals surface area contributed by atoms with Gasteiger partial charge >= 0.3 is 0 Å². The number of hydrogen-bond donors (Lipinski definition) is 1. The molecular formula is C12H12BrCl2N3. The van der Waals surface area contributed by atoms with Crippen LogP contribution in [0.25, 0.3) is 0 Å². The second-order valence-corrected chi connectivity index (χ2v) is 5.40. The number of hydrogen-bond acceptors (Lipinski definition) is 2. The lowest BCUT2D eigenvalue weighted by Crippen LogP contribution is -2.03. The average Bonchev–Trinajstić information content (AvgIpc) is 2.78. The summed E-state index contributed by atoms with van der Waals surface area (Å²) < 4.78 is 2.81. The number of benzene rings is 1. The Hall–Kier alpha value is -0.710. The molecule has 0 aliphatic carbocycles. The molecule has 18 heavy (non-hydrogen) atoms. The quantitative estimate of drug-likeness (QED) is 0.778. The number of anilines is 2. The lowest BCUT2D eigenvalue weighted by molar-refractivity contribution is 0.686. The molecule has 0 bridgehead atoms. The van der Waals surface area contributed by atoms with Gasteiger partial charge in [0.25, 0.3) is 0 Å². The molecule has 0 amide bonds. The van der Waals surface area contributed by atoms with Crippen LogP contribution in [0.4, 0.5) is 11.6 Å². The van der Waals surface area contributed by atoms with Gasteiger partial charge in [-0.3, -0.25) is 0 Å². The van der Waals surface area contributed by atoms with Crippen molar-refractivity contribution in [3.05, 3.63) is 39.0 Å². The summed E-state index contributed by atoms with van der Waals surface area (Å²) in [4.78, 5) is 4.26. The van der Waals surface area contributed by atoms with Gasteiger partial charge in [0, 0.05) is 23.4 Å². The van der Waals surface area contributed by atoms with E-state index in [1.807, 2.05) is 22.9 Å². The van der Waals surface area contributed by atoms with Gasteiger partial charge in [-0.15, -0.1) is 0 Å². The number of rotatable bonds is 4. The minimum absolute atomic E-state index is 0.483. The largest absolute Gasteiger partial charge is 0.324 e. The zero-order valence-electron chi connectivity index (χ0n) is 9.75. The molecule has 0 fully saturated rings. The molecule has 6 heteroatoms. The molecule has 1 N–H and O–H groups in total. The van der Waals surface area contributed by atoms with E-state index in [4.69, 9.17) is 23.2 Å². The molecule has 0 spiro atoms. The molecule has 0 saturated carbocycles. The monoisotopic (exact) mass is 347 g/mol. The van der Waals surface area contributed by atoms with Crippen LogP contribution in [0.15, 0.2) is 29.0 Å². The Morgan fingerprint density at radius 3 is 2.83 bits per heavy atom. The lowest BCUT2D eigenvalue weighted by Gasteiger charge is -2.11. The molecule has 2 rings (SSSR count). The van der Waals surface area contributed by atoms with Crippen molar-refractivity contribution in [1.29, 1.82) is 0 Å². The number of aromatic nitrogens is 2. The van der Waals surface area contributed by atoms with E-state index in [0.29, 0.717) is 10.0 Å². The maximum Gasteiger partial charge on any atom is 0.207 e. The molecule has 0 unspecified atom stereocenters. The minimum atomic E-state index is 0.483. The van der Waals surface area contributed by atoms with E-state index in [1.165, 1.54) is 0 Å². The van der Waals surface area contributed by atoms with E-state index < -0.39 is 0 Å². The Morgan fingerprint density at radius 1 is 1.33 bits per heavy atom. The first-order valence-corrected chi connectivity index (χ1v) is 7.10. The summed E-state index contributed by atoms with van der Waals surface area (Å²) in [5, 5.41) is 4.17. The Morgan fingerprint density at radius 2 is 2.11 bits per heavy atom. The molecule has 3 nitrogen and oxygen atoms in total. The minimum Gasteiger partial charge on any atom is -0.324 e. The highest BCUT2D eigenvalue weighted by Gasteiger charge is 2.10. The standard InChI is InChI=1S/C12H12BrCl2N3/c1-2-6-18-7-5-16-12(18)17-9-4-3-8(13)10(14)11(9)15/h3-5,7H,2,6H2,1H3,(H,16,17). The van der Waals surface area contributed by atoms with E-state index >= 15 is 0 Å². The molecule has 0 radical (unpaired) electrons. The first-order chi connectivity index (χ1) is 8.63. The van der Waals surface area contributed by atoms with Crippen LogP contribution in [0.5, 0.6) is 0 Å². The average molecular weight is 349 g/mol. The van der Waals surface area contributed by atoms with Crippen molar-refractivity contribution < 1.29 is 0 Å². The smallest absolute Gasteiger partial charge is 0.207 e. The lowest BCUT2D eigenvalue weighted by atomic mass is 10.3. The van der Waals surface area contributed by atoms with Gasteiger partial charge in [-0.2, -0.15) is 0 Å². The molecule has 2 aromatic rings. The second kappa shape index (κ2) is 5.95. The van der Waals surface area contributed by atoms with Crippen molar-refractivity contribution >= 4 is 50.8 Å². The summed E-state index contributed by atoms with van der Waals surface area (Å²) in [5.41, 5.74) is 0.744. The number of imidazole rings is 1. The first kappa shape index (κ1) is 13.7. The molecular weight excluding hydrogens is 337 g/mol.